The number of alkyl halides is 2. The topological polar surface area (TPSA) is 87.6 Å². The molecule has 0 saturated carbocycles. The van der Waals surface area contributed by atoms with Crippen molar-refractivity contribution in [2.45, 2.75) is 51.4 Å². The summed E-state index contributed by atoms with van der Waals surface area (Å²) in [6.45, 7) is 2.30. The van der Waals surface area contributed by atoms with Crippen LogP contribution < -0.4 is 5.32 Å². The Labute approximate surface area is 241 Å². The molecule has 0 fully saturated rings. The van der Waals surface area contributed by atoms with E-state index >= 15 is 0 Å². The molecule has 3 aromatic rings. The van der Waals surface area contributed by atoms with Gasteiger partial charge in [0, 0.05) is 42.7 Å². The number of carbonyl (C=O) groups is 1. The van der Waals surface area contributed by atoms with Crippen LogP contribution in [-0.2, 0) is 28.8 Å². The zero-order valence-electron chi connectivity index (χ0n) is 23.5. The Kier molecular flexibility index (Phi) is 12.0. The first-order chi connectivity index (χ1) is 20.0. The van der Waals surface area contributed by atoms with Crippen molar-refractivity contribution in [3.05, 3.63) is 77.7 Å². The zero-order valence-corrected chi connectivity index (χ0v) is 23.5. The van der Waals surface area contributed by atoms with Gasteiger partial charge in [-0.15, -0.1) is 0 Å². The molecule has 4 rings (SSSR count). The molecule has 7 nitrogen and oxygen atoms in total. The van der Waals surface area contributed by atoms with Crippen LogP contribution in [0.15, 0.2) is 60.8 Å². The van der Waals surface area contributed by atoms with Gasteiger partial charge in [-0.25, -0.2) is 13.8 Å². The number of aryl methyl sites for hydroxylation is 2. The van der Waals surface area contributed by atoms with Crippen molar-refractivity contribution in [3.8, 4) is 11.1 Å². The van der Waals surface area contributed by atoms with Crippen LogP contribution in [-0.4, -0.2) is 71.8 Å². The normalized spacial score (nSPS) is 13.7. The Balaban J connectivity index is 1.28. The number of aromatic nitrogens is 2. The Morgan fingerprint density at radius 2 is 1.83 bits per heavy atom. The number of halogens is 2. The molecule has 0 saturated heterocycles. The number of fused-ring (bicyclic) bond motifs is 1. The Hall–Kier alpha value is -3.43. The number of ether oxygens (including phenoxy) is 1. The number of anilines is 1. The minimum Gasteiger partial charge on any atom is -0.481 e. The number of unbranched alkanes of at least 4 members (excludes halogenated alkanes) is 1. The fourth-order valence-corrected chi connectivity index (χ4v) is 5.10. The highest BCUT2D eigenvalue weighted by molar-refractivity contribution is 5.70. The monoisotopic (exact) mass is 566 g/mol. The van der Waals surface area contributed by atoms with Crippen LogP contribution >= 0.6 is 0 Å². The molecule has 1 atom stereocenters. The number of benzene rings is 1. The van der Waals surface area contributed by atoms with Crippen LogP contribution in [0.5, 0.6) is 0 Å². The third kappa shape index (κ3) is 10.2. The van der Waals surface area contributed by atoms with Crippen molar-refractivity contribution in [2.24, 2.45) is 5.92 Å². The van der Waals surface area contributed by atoms with Gasteiger partial charge in [0.2, 0.25) is 0 Å². The van der Waals surface area contributed by atoms with E-state index in [0.29, 0.717) is 25.9 Å². The second kappa shape index (κ2) is 16.1. The van der Waals surface area contributed by atoms with Crippen molar-refractivity contribution >= 4 is 11.8 Å². The largest absolute Gasteiger partial charge is 0.481 e. The molecule has 9 heteroatoms. The van der Waals surface area contributed by atoms with E-state index < -0.39 is 24.9 Å². The molecule has 0 unspecified atom stereocenters. The molecule has 220 valence electrons. The molecule has 2 N–H and O–H groups in total. The van der Waals surface area contributed by atoms with Gasteiger partial charge in [-0.3, -0.25) is 9.78 Å². The van der Waals surface area contributed by atoms with Gasteiger partial charge in [-0.05, 0) is 74.9 Å². The third-order valence-corrected chi connectivity index (χ3v) is 7.44. The predicted octanol–water partition coefficient (Wildman–Crippen LogP) is 5.74. The molecule has 0 radical (unpaired) electrons. The number of rotatable bonds is 17. The molecule has 2 aromatic heterocycles. The number of carboxylic acids is 1. The van der Waals surface area contributed by atoms with Crippen LogP contribution in [0.25, 0.3) is 11.1 Å². The van der Waals surface area contributed by atoms with Gasteiger partial charge in [0.15, 0.2) is 0 Å². The van der Waals surface area contributed by atoms with Gasteiger partial charge in [-0.2, -0.15) is 0 Å². The summed E-state index contributed by atoms with van der Waals surface area (Å²) in [4.78, 5) is 23.5. The minimum absolute atomic E-state index is 0.183. The average molecular weight is 567 g/mol. The van der Waals surface area contributed by atoms with E-state index in [2.05, 4.69) is 27.3 Å². The van der Waals surface area contributed by atoms with Crippen molar-refractivity contribution in [1.82, 2.24) is 14.9 Å². The lowest BCUT2D eigenvalue weighted by Crippen LogP contribution is -2.33. The number of nitrogens with zero attached hydrogens (tertiary/aromatic N) is 3. The second-order valence-corrected chi connectivity index (χ2v) is 10.5. The summed E-state index contributed by atoms with van der Waals surface area (Å²) in [5.74, 6) is -0.461. The van der Waals surface area contributed by atoms with Gasteiger partial charge in [0.1, 0.15) is 12.4 Å². The molecule has 3 heterocycles. The Bertz CT molecular complexity index is 1210. The molecule has 0 aliphatic carbocycles. The summed E-state index contributed by atoms with van der Waals surface area (Å²) in [5, 5.41) is 13.3. The van der Waals surface area contributed by atoms with E-state index in [1.165, 1.54) is 5.56 Å². The molecule has 0 spiro atoms. The number of hydrogen-bond donors (Lipinski definition) is 2. The van der Waals surface area contributed by atoms with Crippen LogP contribution in [0.4, 0.5) is 14.6 Å². The van der Waals surface area contributed by atoms with Crippen molar-refractivity contribution < 1.29 is 23.4 Å². The summed E-state index contributed by atoms with van der Waals surface area (Å²) in [6.07, 6.45) is 4.91. The fourth-order valence-electron chi connectivity index (χ4n) is 5.10. The molecular weight excluding hydrogens is 526 g/mol. The van der Waals surface area contributed by atoms with E-state index in [-0.39, 0.29) is 6.61 Å². The number of nitrogens with one attached hydrogen (secondary N) is 1. The van der Waals surface area contributed by atoms with Crippen LogP contribution in [0.2, 0.25) is 0 Å². The number of pyridine rings is 2. The smallest absolute Gasteiger partial charge is 0.306 e. The lowest BCUT2D eigenvalue weighted by Gasteiger charge is -2.24. The highest BCUT2D eigenvalue weighted by Gasteiger charge is 2.20. The first kappa shape index (κ1) is 30.5. The van der Waals surface area contributed by atoms with Gasteiger partial charge >= 0.3 is 5.97 Å². The molecule has 1 aliphatic heterocycles. The van der Waals surface area contributed by atoms with E-state index in [9.17, 15) is 18.7 Å². The maximum Gasteiger partial charge on any atom is 0.306 e. The molecule has 0 bridgehead atoms. The van der Waals surface area contributed by atoms with E-state index in [0.717, 1.165) is 73.5 Å². The summed E-state index contributed by atoms with van der Waals surface area (Å²) >= 11 is 0. The third-order valence-electron chi connectivity index (χ3n) is 7.44. The van der Waals surface area contributed by atoms with Crippen LogP contribution in [0.3, 0.4) is 0 Å². The number of carboxylic acid groups (broad SMARTS) is 1. The molecule has 41 heavy (non-hydrogen) atoms. The summed E-state index contributed by atoms with van der Waals surface area (Å²) in [5.41, 5.74) is 5.10. The Morgan fingerprint density at radius 3 is 2.59 bits per heavy atom. The predicted molar refractivity (Wildman–Crippen MR) is 156 cm³/mol. The quantitative estimate of drug-likeness (QED) is 0.202. The summed E-state index contributed by atoms with van der Waals surface area (Å²) < 4.78 is 30.2. The average Bonchev–Trinajstić information content (AvgIpc) is 2.99. The standard InChI is InChI=1S/C32H40F2N4O3/c33-30(34)23-41-20-19-38(17-5-4-10-28-13-11-25-9-6-16-35-31(25)37-28)18-15-26(32(39)40)21-29-14-12-27(22-36-29)24-7-2-1-3-8-24/h1-3,7-8,11-14,22,26,30H,4-6,9-10,15-21,23H2,(H,35,37)(H,39,40)/t26-/m1/s1. The zero-order chi connectivity index (χ0) is 28.9. The highest BCUT2D eigenvalue weighted by Crippen LogP contribution is 2.21. The molecular formula is C32H40F2N4O3. The Morgan fingerprint density at radius 1 is 1.00 bits per heavy atom. The molecule has 0 amide bonds. The maximum atomic E-state index is 12.5. The van der Waals surface area contributed by atoms with E-state index in [1.807, 2.05) is 42.5 Å². The van der Waals surface area contributed by atoms with Crippen molar-refractivity contribution in [2.75, 3.05) is 44.7 Å². The number of hydrogen-bond acceptors (Lipinski definition) is 6. The van der Waals surface area contributed by atoms with Gasteiger partial charge in [0.25, 0.3) is 6.43 Å². The van der Waals surface area contributed by atoms with Gasteiger partial charge < -0.3 is 20.1 Å². The van der Waals surface area contributed by atoms with E-state index in [1.54, 1.807) is 6.20 Å². The van der Waals surface area contributed by atoms with Crippen LogP contribution in [0.1, 0.15) is 42.6 Å². The van der Waals surface area contributed by atoms with Gasteiger partial charge in [0.05, 0.1) is 12.5 Å². The molecule has 1 aromatic carbocycles. The van der Waals surface area contributed by atoms with Gasteiger partial charge in [-0.1, -0.05) is 42.5 Å². The van der Waals surface area contributed by atoms with Crippen molar-refractivity contribution in [1.29, 1.82) is 0 Å². The fraction of sp³-hybridized carbons (Fsp3) is 0.469. The maximum absolute atomic E-state index is 12.5. The van der Waals surface area contributed by atoms with Crippen LogP contribution in [0, 0.1) is 5.92 Å². The number of aliphatic carboxylic acids is 1. The SMILES string of the molecule is O=C(O)[C@H](CCN(CCCCc1ccc2c(n1)NCCC2)CCOCC(F)F)Cc1ccc(-c2ccccc2)cn1. The lowest BCUT2D eigenvalue weighted by atomic mass is 9.98. The summed E-state index contributed by atoms with van der Waals surface area (Å²) in [7, 11) is 0. The summed E-state index contributed by atoms with van der Waals surface area (Å²) in [6, 6.07) is 18.0. The van der Waals surface area contributed by atoms with Crippen molar-refractivity contribution in [3.63, 3.8) is 0 Å². The van der Waals surface area contributed by atoms with E-state index in [4.69, 9.17) is 9.72 Å². The first-order valence-corrected chi connectivity index (χ1v) is 14.5. The first-order valence-electron chi connectivity index (χ1n) is 14.5. The highest BCUT2D eigenvalue weighted by atomic mass is 19.3. The minimum atomic E-state index is -2.50. The second-order valence-electron chi connectivity index (χ2n) is 10.5. The molecule has 1 aliphatic rings. The lowest BCUT2D eigenvalue weighted by molar-refractivity contribution is -0.142.